The van der Waals surface area contributed by atoms with Crippen LogP contribution in [0.15, 0.2) is 12.3 Å². The molecule has 2 N–H and O–H groups in total. The van der Waals surface area contributed by atoms with Crippen molar-refractivity contribution in [2.24, 2.45) is 0 Å². The molecule has 4 nitrogen and oxygen atoms in total. The van der Waals surface area contributed by atoms with E-state index in [1.54, 1.807) is 19.9 Å². The number of hydrogen-bond donors (Lipinski definition) is 2. The molecular weight excluding hydrogens is 240 g/mol. The summed E-state index contributed by atoms with van der Waals surface area (Å²) in [5.74, 6) is 0.711. The molecule has 0 spiro atoms. The summed E-state index contributed by atoms with van der Waals surface area (Å²) in [6.45, 7) is 6.57. The van der Waals surface area contributed by atoms with Crippen LogP contribution in [0.1, 0.15) is 26.3 Å². The second-order valence-corrected chi connectivity index (χ2v) is 5.03. The van der Waals surface area contributed by atoms with Crippen LogP contribution in [0.5, 0.6) is 0 Å². The Morgan fingerprint density at radius 2 is 2.12 bits per heavy atom. The maximum absolute atomic E-state index is 9.82. The van der Waals surface area contributed by atoms with Gasteiger partial charge in [-0.2, -0.15) is 0 Å². The van der Waals surface area contributed by atoms with Crippen LogP contribution in [-0.4, -0.2) is 33.9 Å². The van der Waals surface area contributed by atoms with Crippen LogP contribution >= 0.6 is 11.6 Å². The predicted octanol–water partition coefficient (Wildman–Crippen LogP) is 1.82. The van der Waals surface area contributed by atoms with Crippen LogP contribution in [0.2, 0.25) is 5.02 Å². The van der Waals surface area contributed by atoms with Crippen molar-refractivity contribution in [3.8, 4) is 0 Å². The Morgan fingerprint density at radius 3 is 2.59 bits per heavy atom. The lowest BCUT2D eigenvalue weighted by Crippen LogP contribution is -2.39. The van der Waals surface area contributed by atoms with E-state index in [1.165, 1.54) is 6.20 Å². The molecule has 0 bridgehead atoms. The lowest BCUT2D eigenvalue weighted by Gasteiger charge is -2.29. The summed E-state index contributed by atoms with van der Waals surface area (Å²) in [5, 5.41) is 19.4. The Hall–Kier alpha value is -0.840. The third-order valence-electron chi connectivity index (χ3n) is 2.37. The second-order valence-electron chi connectivity index (χ2n) is 4.62. The maximum atomic E-state index is 9.82. The van der Waals surface area contributed by atoms with E-state index in [4.69, 9.17) is 16.7 Å². The van der Waals surface area contributed by atoms with Gasteiger partial charge in [0.25, 0.3) is 0 Å². The molecule has 1 aromatic heterocycles. The van der Waals surface area contributed by atoms with Crippen LogP contribution in [-0.2, 0) is 6.61 Å². The Balaban J connectivity index is 2.96. The normalized spacial score (nSPS) is 11.6. The minimum Gasteiger partial charge on any atom is -0.392 e. The summed E-state index contributed by atoms with van der Waals surface area (Å²) in [6.07, 6.45) is 1.52. The second kappa shape index (κ2) is 5.67. The quantitative estimate of drug-likeness (QED) is 0.846. The molecule has 0 radical (unpaired) electrons. The van der Waals surface area contributed by atoms with Crippen molar-refractivity contribution in [2.45, 2.75) is 33.0 Å². The Labute approximate surface area is 107 Å². The summed E-state index contributed by atoms with van der Waals surface area (Å²) in [7, 11) is 0. The van der Waals surface area contributed by atoms with E-state index in [9.17, 15) is 5.11 Å². The standard InChI is InChI=1S/C12H19ClN2O2/c1-4-15(8-12(2,3)17)11-5-9(7-16)10(13)6-14-11/h5-6,16-17H,4,7-8H2,1-3H3. The first-order valence-corrected chi connectivity index (χ1v) is 5.97. The van der Waals surface area contributed by atoms with E-state index in [2.05, 4.69) is 4.98 Å². The average Bonchev–Trinajstić information content (AvgIpc) is 2.25. The van der Waals surface area contributed by atoms with E-state index < -0.39 is 5.60 Å². The molecule has 0 unspecified atom stereocenters. The van der Waals surface area contributed by atoms with Gasteiger partial charge >= 0.3 is 0 Å². The topological polar surface area (TPSA) is 56.6 Å². The van der Waals surface area contributed by atoms with Crippen molar-refractivity contribution >= 4 is 17.4 Å². The summed E-state index contributed by atoms with van der Waals surface area (Å²) in [5.41, 5.74) is -0.151. The largest absolute Gasteiger partial charge is 0.392 e. The predicted molar refractivity (Wildman–Crippen MR) is 69.4 cm³/mol. The van der Waals surface area contributed by atoms with Crippen LogP contribution in [0.25, 0.3) is 0 Å². The molecule has 0 saturated heterocycles. The van der Waals surface area contributed by atoms with E-state index in [-0.39, 0.29) is 6.61 Å². The lowest BCUT2D eigenvalue weighted by molar-refractivity contribution is 0.0874. The van der Waals surface area contributed by atoms with Crippen LogP contribution < -0.4 is 4.90 Å². The molecule has 5 heteroatoms. The highest BCUT2D eigenvalue weighted by molar-refractivity contribution is 6.31. The van der Waals surface area contributed by atoms with Crippen molar-refractivity contribution in [3.63, 3.8) is 0 Å². The molecule has 0 atom stereocenters. The van der Waals surface area contributed by atoms with Gasteiger partial charge in [0.2, 0.25) is 0 Å². The number of hydrogen-bond acceptors (Lipinski definition) is 4. The van der Waals surface area contributed by atoms with E-state index >= 15 is 0 Å². The zero-order chi connectivity index (χ0) is 13.1. The molecule has 0 aliphatic heterocycles. The van der Waals surface area contributed by atoms with Gasteiger partial charge in [-0.15, -0.1) is 0 Å². The van der Waals surface area contributed by atoms with Crippen molar-refractivity contribution < 1.29 is 10.2 Å². The molecule has 0 saturated carbocycles. The zero-order valence-corrected chi connectivity index (χ0v) is 11.2. The van der Waals surface area contributed by atoms with Gasteiger partial charge in [-0.1, -0.05) is 11.6 Å². The molecule has 0 aromatic carbocycles. The number of nitrogens with zero attached hydrogens (tertiary/aromatic N) is 2. The van der Waals surface area contributed by atoms with Crippen molar-refractivity contribution in [2.75, 3.05) is 18.0 Å². The molecule has 1 rings (SSSR count). The smallest absolute Gasteiger partial charge is 0.129 e. The maximum Gasteiger partial charge on any atom is 0.129 e. The number of halogens is 1. The number of rotatable bonds is 5. The molecule has 17 heavy (non-hydrogen) atoms. The van der Waals surface area contributed by atoms with Crippen LogP contribution in [0.4, 0.5) is 5.82 Å². The monoisotopic (exact) mass is 258 g/mol. The molecule has 1 heterocycles. The van der Waals surface area contributed by atoms with Gasteiger partial charge in [0.05, 0.1) is 17.2 Å². The number of anilines is 1. The van der Waals surface area contributed by atoms with E-state index in [0.29, 0.717) is 22.9 Å². The molecule has 0 aliphatic rings. The van der Waals surface area contributed by atoms with E-state index in [0.717, 1.165) is 6.54 Å². The number of aromatic nitrogens is 1. The minimum absolute atomic E-state index is 0.117. The van der Waals surface area contributed by atoms with Gasteiger partial charge in [-0.3, -0.25) is 0 Å². The lowest BCUT2D eigenvalue weighted by atomic mass is 10.1. The number of pyridine rings is 1. The SMILES string of the molecule is CCN(CC(C)(C)O)c1cc(CO)c(Cl)cn1. The highest BCUT2D eigenvalue weighted by atomic mass is 35.5. The fraction of sp³-hybridized carbons (Fsp3) is 0.583. The Morgan fingerprint density at radius 1 is 1.47 bits per heavy atom. The van der Waals surface area contributed by atoms with Gasteiger partial charge in [-0.05, 0) is 26.8 Å². The summed E-state index contributed by atoms with van der Waals surface area (Å²) < 4.78 is 0. The molecule has 0 amide bonds. The first-order valence-electron chi connectivity index (χ1n) is 5.60. The zero-order valence-electron chi connectivity index (χ0n) is 10.4. The van der Waals surface area contributed by atoms with Gasteiger partial charge < -0.3 is 15.1 Å². The number of aliphatic hydroxyl groups excluding tert-OH is 1. The van der Waals surface area contributed by atoms with Gasteiger partial charge in [-0.25, -0.2) is 4.98 Å². The van der Waals surface area contributed by atoms with Gasteiger partial charge in [0, 0.05) is 24.8 Å². The highest BCUT2D eigenvalue weighted by Gasteiger charge is 2.18. The van der Waals surface area contributed by atoms with Crippen LogP contribution in [0, 0.1) is 0 Å². The van der Waals surface area contributed by atoms with Crippen LogP contribution in [0.3, 0.4) is 0 Å². The Bertz CT molecular complexity index is 377. The first-order chi connectivity index (χ1) is 7.87. The summed E-state index contributed by atoms with van der Waals surface area (Å²) in [4.78, 5) is 6.15. The third kappa shape index (κ3) is 4.15. The summed E-state index contributed by atoms with van der Waals surface area (Å²) >= 11 is 5.89. The molecular formula is C12H19ClN2O2. The van der Waals surface area contributed by atoms with Crippen molar-refractivity contribution in [3.05, 3.63) is 22.8 Å². The fourth-order valence-electron chi connectivity index (χ4n) is 1.58. The minimum atomic E-state index is -0.795. The van der Waals surface area contributed by atoms with E-state index in [1.807, 2.05) is 11.8 Å². The third-order valence-corrected chi connectivity index (χ3v) is 2.71. The van der Waals surface area contributed by atoms with Gasteiger partial charge in [0.15, 0.2) is 0 Å². The first kappa shape index (κ1) is 14.2. The van der Waals surface area contributed by atoms with Gasteiger partial charge in [0.1, 0.15) is 5.82 Å². The molecule has 1 aromatic rings. The average molecular weight is 259 g/mol. The number of likely N-dealkylation sites (N-methyl/N-ethyl adjacent to an activating group) is 1. The Kier molecular flexibility index (Phi) is 4.74. The number of aliphatic hydroxyl groups is 2. The van der Waals surface area contributed by atoms with Crippen molar-refractivity contribution in [1.29, 1.82) is 0 Å². The molecule has 0 aliphatic carbocycles. The summed E-state index contributed by atoms with van der Waals surface area (Å²) in [6, 6.07) is 1.75. The fourth-order valence-corrected chi connectivity index (χ4v) is 1.75. The molecule has 0 fully saturated rings. The van der Waals surface area contributed by atoms with Crippen molar-refractivity contribution in [1.82, 2.24) is 4.98 Å². The highest BCUT2D eigenvalue weighted by Crippen LogP contribution is 2.21. The molecule has 96 valence electrons.